The Morgan fingerprint density at radius 1 is 1.29 bits per heavy atom. The molecule has 0 bridgehead atoms. The standard InChI is InChI=1S/C15H30N2/c1-13(2)10-15(12-17(3)4)16-11-14-8-6-5-7-9-14/h5-6,13-16H,7-12H2,1-4H3. The molecule has 2 nitrogen and oxygen atoms in total. The van der Waals surface area contributed by atoms with Crippen LogP contribution in [0.2, 0.25) is 0 Å². The SMILES string of the molecule is CC(C)CC(CN(C)C)NCC1CC=CCC1. The molecule has 0 spiro atoms. The molecule has 1 aliphatic rings. The first-order valence-electron chi connectivity index (χ1n) is 7.11. The van der Waals surface area contributed by atoms with Gasteiger partial charge in [0.25, 0.3) is 0 Å². The summed E-state index contributed by atoms with van der Waals surface area (Å²) >= 11 is 0. The largest absolute Gasteiger partial charge is 0.312 e. The van der Waals surface area contributed by atoms with Gasteiger partial charge in [-0.05, 0) is 58.2 Å². The van der Waals surface area contributed by atoms with Crippen molar-refractivity contribution in [2.24, 2.45) is 11.8 Å². The average molecular weight is 238 g/mol. The van der Waals surface area contributed by atoms with Crippen molar-refractivity contribution in [3.05, 3.63) is 12.2 Å². The second-order valence-electron chi connectivity index (χ2n) is 6.15. The van der Waals surface area contributed by atoms with Crippen molar-refractivity contribution >= 4 is 0 Å². The number of rotatable bonds is 7. The van der Waals surface area contributed by atoms with Crippen molar-refractivity contribution < 1.29 is 0 Å². The first kappa shape index (κ1) is 14.7. The van der Waals surface area contributed by atoms with Crippen molar-refractivity contribution in [3.63, 3.8) is 0 Å². The maximum atomic E-state index is 3.78. The van der Waals surface area contributed by atoms with Gasteiger partial charge in [-0.2, -0.15) is 0 Å². The van der Waals surface area contributed by atoms with E-state index < -0.39 is 0 Å². The van der Waals surface area contributed by atoms with E-state index in [1.807, 2.05) is 0 Å². The highest BCUT2D eigenvalue weighted by Gasteiger charge is 2.15. The zero-order valence-corrected chi connectivity index (χ0v) is 12.1. The van der Waals surface area contributed by atoms with Crippen LogP contribution in [-0.2, 0) is 0 Å². The number of nitrogens with one attached hydrogen (secondary N) is 1. The highest BCUT2D eigenvalue weighted by Crippen LogP contribution is 2.17. The molecule has 2 unspecified atom stereocenters. The Labute approximate surface area is 107 Å². The molecule has 0 radical (unpaired) electrons. The molecule has 2 heteroatoms. The van der Waals surface area contributed by atoms with Gasteiger partial charge in [0.15, 0.2) is 0 Å². The van der Waals surface area contributed by atoms with Crippen LogP contribution < -0.4 is 5.32 Å². The van der Waals surface area contributed by atoms with Gasteiger partial charge in [-0.3, -0.25) is 0 Å². The molecule has 0 saturated carbocycles. The van der Waals surface area contributed by atoms with Crippen LogP contribution in [-0.4, -0.2) is 38.1 Å². The molecule has 0 aliphatic heterocycles. The summed E-state index contributed by atoms with van der Waals surface area (Å²) in [7, 11) is 4.33. The van der Waals surface area contributed by atoms with E-state index in [9.17, 15) is 0 Å². The lowest BCUT2D eigenvalue weighted by Crippen LogP contribution is -2.41. The highest BCUT2D eigenvalue weighted by atomic mass is 15.1. The lowest BCUT2D eigenvalue weighted by molar-refractivity contribution is 0.290. The summed E-state index contributed by atoms with van der Waals surface area (Å²) in [6, 6.07) is 0.649. The maximum absolute atomic E-state index is 3.78. The number of allylic oxidation sites excluding steroid dienone is 2. The van der Waals surface area contributed by atoms with Gasteiger partial charge in [0, 0.05) is 12.6 Å². The normalized spacial score (nSPS) is 22.4. The summed E-state index contributed by atoms with van der Waals surface area (Å²) in [4.78, 5) is 2.29. The van der Waals surface area contributed by atoms with Crippen LogP contribution in [0.1, 0.15) is 39.5 Å². The molecule has 0 heterocycles. The summed E-state index contributed by atoms with van der Waals surface area (Å²) in [6.07, 6.45) is 9.85. The minimum absolute atomic E-state index is 0.649. The van der Waals surface area contributed by atoms with Gasteiger partial charge >= 0.3 is 0 Å². The summed E-state index contributed by atoms with van der Waals surface area (Å²) in [5.74, 6) is 1.63. The van der Waals surface area contributed by atoms with Gasteiger partial charge in [0.2, 0.25) is 0 Å². The minimum atomic E-state index is 0.649. The Morgan fingerprint density at radius 3 is 2.59 bits per heavy atom. The highest BCUT2D eigenvalue weighted by molar-refractivity contribution is 4.91. The molecule has 0 aromatic rings. The van der Waals surface area contributed by atoms with Gasteiger partial charge in [-0.25, -0.2) is 0 Å². The van der Waals surface area contributed by atoms with E-state index in [2.05, 4.69) is 50.3 Å². The fourth-order valence-corrected chi connectivity index (χ4v) is 2.61. The van der Waals surface area contributed by atoms with Crippen molar-refractivity contribution in [3.8, 4) is 0 Å². The lowest BCUT2D eigenvalue weighted by Gasteiger charge is -2.27. The van der Waals surface area contributed by atoms with Gasteiger partial charge < -0.3 is 10.2 Å². The van der Waals surface area contributed by atoms with E-state index in [1.54, 1.807) is 0 Å². The van der Waals surface area contributed by atoms with Gasteiger partial charge in [0.05, 0.1) is 0 Å². The molecule has 0 fully saturated rings. The summed E-state index contributed by atoms with van der Waals surface area (Å²) in [5, 5.41) is 3.78. The molecule has 1 N–H and O–H groups in total. The van der Waals surface area contributed by atoms with Crippen molar-refractivity contribution in [1.82, 2.24) is 10.2 Å². The second kappa shape index (κ2) is 7.88. The van der Waals surface area contributed by atoms with E-state index in [4.69, 9.17) is 0 Å². The Balaban J connectivity index is 2.29. The van der Waals surface area contributed by atoms with Crippen molar-refractivity contribution in [2.75, 3.05) is 27.2 Å². The van der Waals surface area contributed by atoms with E-state index in [1.165, 1.54) is 32.2 Å². The second-order valence-corrected chi connectivity index (χ2v) is 6.15. The zero-order valence-electron chi connectivity index (χ0n) is 12.1. The Morgan fingerprint density at radius 2 is 2.06 bits per heavy atom. The molecular formula is C15H30N2. The summed E-state index contributed by atoms with van der Waals surface area (Å²) in [6.45, 7) is 6.97. The maximum Gasteiger partial charge on any atom is 0.0197 e. The van der Waals surface area contributed by atoms with E-state index >= 15 is 0 Å². The Hall–Kier alpha value is -0.340. The molecule has 1 rings (SSSR count). The van der Waals surface area contributed by atoms with Crippen LogP contribution in [0.4, 0.5) is 0 Å². The Kier molecular flexibility index (Phi) is 6.83. The van der Waals surface area contributed by atoms with E-state index in [0.29, 0.717) is 6.04 Å². The monoisotopic (exact) mass is 238 g/mol. The number of nitrogens with zero attached hydrogens (tertiary/aromatic N) is 1. The summed E-state index contributed by atoms with van der Waals surface area (Å²) in [5.41, 5.74) is 0. The van der Waals surface area contributed by atoms with Crippen LogP contribution in [0.25, 0.3) is 0 Å². The smallest absolute Gasteiger partial charge is 0.0197 e. The molecule has 2 atom stereocenters. The van der Waals surface area contributed by atoms with Gasteiger partial charge in [0.1, 0.15) is 0 Å². The molecule has 1 aliphatic carbocycles. The van der Waals surface area contributed by atoms with E-state index in [-0.39, 0.29) is 0 Å². The first-order valence-corrected chi connectivity index (χ1v) is 7.11. The molecule has 0 aromatic heterocycles. The number of hydrogen-bond acceptors (Lipinski definition) is 2. The number of hydrogen-bond donors (Lipinski definition) is 1. The molecule has 0 aromatic carbocycles. The topological polar surface area (TPSA) is 15.3 Å². The zero-order chi connectivity index (χ0) is 12.7. The average Bonchev–Trinajstić information content (AvgIpc) is 2.26. The molecular weight excluding hydrogens is 208 g/mol. The molecule has 0 saturated heterocycles. The Bertz CT molecular complexity index is 211. The third kappa shape index (κ3) is 6.85. The predicted octanol–water partition coefficient (Wildman–Crippen LogP) is 2.91. The van der Waals surface area contributed by atoms with Crippen molar-refractivity contribution in [2.45, 2.75) is 45.6 Å². The quantitative estimate of drug-likeness (QED) is 0.686. The fraction of sp³-hybridized carbons (Fsp3) is 0.867. The van der Waals surface area contributed by atoms with Crippen LogP contribution >= 0.6 is 0 Å². The fourth-order valence-electron chi connectivity index (χ4n) is 2.61. The lowest BCUT2D eigenvalue weighted by atomic mass is 9.93. The van der Waals surface area contributed by atoms with Gasteiger partial charge in [-0.15, -0.1) is 0 Å². The first-order chi connectivity index (χ1) is 8.08. The summed E-state index contributed by atoms with van der Waals surface area (Å²) < 4.78 is 0. The molecule has 0 amide bonds. The minimum Gasteiger partial charge on any atom is -0.312 e. The van der Waals surface area contributed by atoms with Crippen LogP contribution in [0.3, 0.4) is 0 Å². The van der Waals surface area contributed by atoms with Gasteiger partial charge in [-0.1, -0.05) is 26.0 Å². The van der Waals surface area contributed by atoms with Crippen molar-refractivity contribution in [1.29, 1.82) is 0 Å². The van der Waals surface area contributed by atoms with Crippen LogP contribution in [0, 0.1) is 11.8 Å². The van der Waals surface area contributed by atoms with Crippen LogP contribution in [0.5, 0.6) is 0 Å². The van der Waals surface area contributed by atoms with Crippen LogP contribution in [0.15, 0.2) is 12.2 Å². The van der Waals surface area contributed by atoms with E-state index in [0.717, 1.165) is 18.4 Å². The third-order valence-corrected chi connectivity index (χ3v) is 3.41. The third-order valence-electron chi connectivity index (χ3n) is 3.41. The predicted molar refractivity (Wildman–Crippen MR) is 76.3 cm³/mol. The molecule has 100 valence electrons. The number of likely N-dealkylation sites (N-methyl/N-ethyl adjacent to an activating group) is 1. The molecule has 17 heavy (non-hydrogen) atoms.